The molecule has 1 fully saturated rings. The van der Waals surface area contributed by atoms with Crippen molar-refractivity contribution >= 4 is 33.2 Å². The Morgan fingerprint density at radius 2 is 2.33 bits per heavy atom. The molecule has 0 spiro atoms. The molecular weight excluding hydrogens is 276 g/mol. The van der Waals surface area contributed by atoms with Crippen molar-refractivity contribution in [1.82, 2.24) is 0 Å². The van der Waals surface area contributed by atoms with Crippen LogP contribution >= 0.6 is 27.3 Å². The molecule has 0 amide bonds. The summed E-state index contributed by atoms with van der Waals surface area (Å²) in [4.78, 5) is 13.4. The quantitative estimate of drug-likeness (QED) is 0.921. The molecule has 1 aromatic heterocycles. The van der Waals surface area contributed by atoms with Gasteiger partial charge in [0.25, 0.3) is 0 Å². The van der Waals surface area contributed by atoms with Gasteiger partial charge in [-0.25, -0.2) is 0 Å². The fraction of sp³-hybridized carbons (Fsp3) is 0.545. The van der Waals surface area contributed by atoms with Crippen LogP contribution in [0.5, 0.6) is 0 Å². The van der Waals surface area contributed by atoms with Gasteiger partial charge in [0.1, 0.15) is 0 Å². The third-order valence-corrected chi connectivity index (χ3v) is 5.28. The predicted molar refractivity (Wildman–Crippen MR) is 64.5 cm³/mol. The minimum atomic E-state index is -0.687. The lowest BCUT2D eigenvalue weighted by atomic mass is 9.66. The summed E-state index contributed by atoms with van der Waals surface area (Å²) in [6, 6.07) is 2.09. The zero-order valence-electron chi connectivity index (χ0n) is 8.55. The van der Waals surface area contributed by atoms with Crippen molar-refractivity contribution in [3.8, 4) is 0 Å². The lowest BCUT2D eigenvalue weighted by Crippen LogP contribution is -2.36. The van der Waals surface area contributed by atoms with Gasteiger partial charge in [-0.3, -0.25) is 4.79 Å². The van der Waals surface area contributed by atoms with E-state index in [1.807, 2.05) is 0 Å². The molecule has 1 aliphatic carbocycles. The first kappa shape index (κ1) is 11.1. The molecule has 15 heavy (non-hydrogen) atoms. The van der Waals surface area contributed by atoms with Crippen LogP contribution in [0.4, 0.5) is 0 Å². The molecular formula is C11H13BrO2S. The van der Waals surface area contributed by atoms with Crippen LogP contribution in [0.1, 0.15) is 35.4 Å². The summed E-state index contributed by atoms with van der Waals surface area (Å²) in [7, 11) is 0. The van der Waals surface area contributed by atoms with Crippen LogP contribution in [0.3, 0.4) is 0 Å². The lowest BCUT2D eigenvalue weighted by Gasteiger charge is -2.40. The van der Waals surface area contributed by atoms with Crippen LogP contribution in [-0.4, -0.2) is 11.1 Å². The van der Waals surface area contributed by atoms with Crippen molar-refractivity contribution in [1.29, 1.82) is 0 Å². The van der Waals surface area contributed by atoms with Crippen LogP contribution in [0.15, 0.2) is 10.5 Å². The molecule has 1 heterocycles. The number of carbonyl (C=O) groups is 1. The maximum absolute atomic E-state index is 10.9. The predicted octanol–water partition coefficient (Wildman–Crippen LogP) is 3.72. The molecule has 0 aromatic carbocycles. The Morgan fingerprint density at radius 3 is 2.67 bits per heavy atom. The van der Waals surface area contributed by atoms with Gasteiger partial charge in [-0.05, 0) is 41.8 Å². The van der Waals surface area contributed by atoms with Gasteiger partial charge in [-0.15, -0.1) is 11.3 Å². The number of thiophene rings is 1. The van der Waals surface area contributed by atoms with E-state index in [9.17, 15) is 4.79 Å². The van der Waals surface area contributed by atoms with Crippen molar-refractivity contribution in [3.63, 3.8) is 0 Å². The van der Waals surface area contributed by atoms with Crippen LogP contribution in [-0.2, 0) is 10.2 Å². The zero-order valence-corrected chi connectivity index (χ0v) is 10.9. The van der Waals surface area contributed by atoms with E-state index in [0.717, 1.165) is 23.7 Å². The van der Waals surface area contributed by atoms with Gasteiger partial charge in [-0.1, -0.05) is 6.42 Å². The second-order valence-electron chi connectivity index (χ2n) is 4.24. The summed E-state index contributed by atoms with van der Waals surface area (Å²) in [5.74, 6) is -0.687. The number of rotatable bonds is 3. The van der Waals surface area contributed by atoms with Crippen molar-refractivity contribution in [2.45, 2.75) is 38.0 Å². The van der Waals surface area contributed by atoms with Crippen LogP contribution in [0.25, 0.3) is 0 Å². The molecule has 1 aromatic rings. The molecule has 0 atom stereocenters. The van der Waals surface area contributed by atoms with E-state index in [1.54, 1.807) is 11.3 Å². The van der Waals surface area contributed by atoms with Gasteiger partial charge in [0.05, 0.1) is 6.42 Å². The van der Waals surface area contributed by atoms with E-state index < -0.39 is 5.97 Å². The normalized spacial score (nSPS) is 18.5. The number of carboxylic acids is 1. The van der Waals surface area contributed by atoms with E-state index in [4.69, 9.17) is 5.11 Å². The highest BCUT2D eigenvalue weighted by Gasteiger charge is 2.42. The molecule has 82 valence electrons. The smallest absolute Gasteiger partial charge is 0.304 e. The number of carboxylic acid groups (broad SMARTS) is 1. The molecule has 1 N–H and O–H groups in total. The van der Waals surface area contributed by atoms with Crippen LogP contribution in [0.2, 0.25) is 0 Å². The van der Waals surface area contributed by atoms with Gasteiger partial charge >= 0.3 is 5.97 Å². The highest BCUT2D eigenvalue weighted by molar-refractivity contribution is 9.10. The third kappa shape index (κ3) is 1.97. The number of aliphatic carboxylic acids is 1. The number of aryl methyl sites for hydroxylation is 1. The molecule has 0 radical (unpaired) electrons. The summed E-state index contributed by atoms with van der Waals surface area (Å²) >= 11 is 5.26. The van der Waals surface area contributed by atoms with E-state index in [1.165, 1.54) is 9.75 Å². The maximum Gasteiger partial charge on any atom is 0.304 e. The molecule has 0 bridgehead atoms. The maximum atomic E-state index is 10.9. The Kier molecular flexibility index (Phi) is 2.90. The highest BCUT2D eigenvalue weighted by Crippen LogP contribution is 2.51. The second-order valence-corrected chi connectivity index (χ2v) is 6.35. The van der Waals surface area contributed by atoms with Crippen molar-refractivity contribution < 1.29 is 9.90 Å². The Hall–Kier alpha value is -0.350. The average Bonchev–Trinajstić information content (AvgIpc) is 2.38. The zero-order chi connectivity index (χ0) is 11.1. The largest absolute Gasteiger partial charge is 0.481 e. The average molecular weight is 289 g/mol. The molecule has 0 unspecified atom stereocenters. The SMILES string of the molecule is Cc1cc(Br)c(C2(CC(=O)O)CCC2)s1. The molecule has 0 saturated heterocycles. The first-order valence-corrected chi connectivity index (χ1v) is 6.63. The Balaban J connectivity index is 2.33. The Bertz CT molecular complexity index is 393. The van der Waals surface area contributed by atoms with Crippen molar-refractivity contribution in [2.24, 2.45) is 0 Å². The minimum Gasteiger partial charge on any atom is -0.481 e. The van der Waals surface area contributed by atoms with E-state index in [0.29, 0.717) is 0 Å². The van der Waals surface area contributed by atoms with E-state index >= 15 is 0 Å². The van der Waals surface area contributed by atoms with Crippen LogP contribution in [0, 0.1) is 6.92 Å². The first-order valence-electron chi connectivity index (χ1n) is 5.02. The van der Waals surface area contributed by atoms with E-state index in [2.05, 4.69) is 28.9 Å². The summed E-state index contributed by atoms with van der Waals surface area (Å²) in [5, 5.41) is 8.96. The molecule has 4 heteroatoms. The van der Waals surface area contributed by atoms with Gasteiger partial charge in [0, 0.05) is 19.6 Å². The summed E-state index contributed by atoms with van der Waals surface area (Å²) in [5.41, 5.74) is -0.0798. The first-order chi connectivity index (χ1) is 7.03. The second kappa shape index (κ2) is 3.91. The van der Waals surface area contributed by atoms with Gasteiger partial charge in [0.2, 0.25) is 0 Å². The lowest BCUT2D eigenvalue weighted by molar-refractivity contribution is -0.139. The Morgan fingerprint density at radius 1 is 1.67 bits per heavy atom. The molecule has 1 aliphatic rings. The highest BCUT2D eigenvalue weighted by atomic mass is 79.9. The van der Waals surface area contributed by atoms with Gasteiger partial charge in [0.15, 0.2) is 0 Å². The number of halogens is 1. The monoisotopic (exact) mass is 288 g/mol. The third-order valence-electron chi connectivity index (χ3n) is 3.09. The summed E-state index contributed by atoms with van der Waals surface area (Å²) in [6.45, 7) is 2.06. The van der Waals surface area contributed by atoms with Crippen molar-refractivity contribution in [3.05, 3.63) is 20.3 Å². The molecule has 2 rings (SSSR count). The number of hydrogen-bond donors (Lipinski definition) is 1. The standard InChI is InChI=1S/C11H13BrO2S/c1-7-5-8(12)10(15-7)11(3-2-4-11)6-9(13)14/h5H,2-4,6H2,1H3,(H,13,14). The molecule has 2 nitrogen and oxygen atoms in total. The summed E-state index contributed by atoms with van der Waals surface area (Å²) < 4.78 is 1.09. The van der Waals surface area contributed by atoms with Crippen LogP contribution < -0.4 is 0 Å². The van der Waals surface area contributed by atoms with Gasteiger partial charge in [-0.2, -0.15) is 0 Å². The topological polar surface area (TPSA) is 37.3 Å². The van der Waals surface area contributed by atoms with Crippen molar-refractivity contribution in [2.75, 3.05) is 0 Å². The Labute approximate surface area is 101 Å². The fourth-order valence-corrected chi connectivity index (χ4v) is 4.53. The molecule has 1 saturated carbocycles. The fourth-order valence-electron chi connectivity index (χ4n) is 2.22. The molecule has 0 aliphatic heterocycles. The minimum absolute atomic E-state index is 0.0798. The summed E-state index contributed by atoms with van der Waals surface area (Å²) in [6.07, 6.45) is 3.44. The van der Waals surface area contributed by atoms with Gasteiger partial charge < -0.3 is 5.11 Å². The van der Waals surface area contributed by atoms with E-state index in [-0.39, 0.29) is 11.8 Å². The number of hydrogen-bond acceptors (Lipinski definition) is 2.